The van der Waals surface area contributed by atoms with Gasteiger partial charge in [-0.1, -0.05) is 12.1 Å². The van der Waals surface area contributed by atoms with Gasteiger partial charge in [-0.15, -0.1) is 0 Å². The maximum Gasteiger partial charge on any atom is 0.278 e. The highest BCUT2D eigenvalue weighted by atomic mass is 19.1. The number of imide groups is 1. The SMILES string of the molecule is CN(C)c1ccc(NC2=C(c3ccc([N+](=O)[O-])cc3)C(=O)N(Cc3ccc(F)cc3)C2=O)cc1. The minimum Gasteiger partial charge on any atom is -0.378 e. The average Bonchev–Trinajstić information content (AvgIpc) is 3.05. The number of hydrogen-bond acceptors (Lipinski definition) is 6. The molecule has 1 aliphatic rings. The van der Waals surface area contributed by atoms with Crippen molar-refractivity contribution in [3.63, 3.8) is 0 Å². The van der Waals surface area contributed by atoms with Crippen LogP contribution in [0.25, 0.3) is 5.57 Å². The molecule has 8 nitrogen and oxygen atoms in total. The largest absolute Gasteiger partial charge is 0.378 e. The van der Waals surface area contributed by atoms with Gasteiger partial charge >= 0.3 is 0 Å². The number of nitro groups is 1. The predicted molar refractivity (Wildman–Crippen MR) is 126 cm³/mol. The van der Waals surface area contributed by atoms with E-state index in [-0.39, 0.29) is 23.5 Å². The minimum atomic E-state index is -0.546. The molecule has 0 unspecified atom stereocenters. The second-order valence-electron chi connectivity index (χ2n) is 7.94. The Hall–Kier alpha value is -4.53. The van der Waals surface area contributed by atoms with Crippen LogP contribution in [0.15, 0.2) is 78.5 Å². The summed E-state index contributed by atoms with van der Waals surface area (Å²) >= 11 is 0. The zero-order valence-corrected chi connectivity index (χ0v) is 18.5. The molecule has 0 saturated heterocycles. The zero-order chi connectivity index (χ0) is 24.4. The quantitative estimate of drug-likeness (QED) is 0.323. The minimum absolute atomic E-state index is 0.0425. The molecule has 3 aromatic carbocycles. The second-order valence-corrected chi connectivity index (χ2v) is 7.94. The Bertz CT molecular complexity index is 1280. The average molecular weight is 460 g/mol. The number of benzene rings is 3. The molecule has 0 saturated carbocycles. The number of nitrogens with zero attached hydrogens (tertiary/aromatic N) is 3. The topological polar surface area (TPSA) is 95.8 Å². The lowest BCUT2D eigenvalue weighted by atomic mass is 10.0. The van der Waals surface area contributed by atoms with Gasteiger partial charge in [0.05, 0.1) is 17.0 Å². The second kappa shape index (κ2) is 9.14. The number of nitro benzene ring substituents is 1. The van der Waals surface area contributed by atoms with Crippen molar-refractivity contribution < 1.29 is 18.9 Å². The highest BCUT2D eigenvalue weighted by Crippen LogP contribution is 2.32. The van der Waals surface area contributed by atoms with E-state index in [0.29, 0.717) is 16.8 Å². The molecule has 0 bridgehead atoms. The van der Waals surface area contributed by atoms with Gasteiger partial charge in [0.2, 0.25) is 0 Å². The van der Waals surface area contributed by atoms with Crippen LogP contribution in [0.2, 0.25) is 0 Å². The number of halogens is 1. The molecule has 0 fully saturated rings. The Kier molecular flexibility index (Phi) is 6.09. The Balaban J connectivity index is 1.72. The highest BCUT2D eigenvalue weighted by Gasteiger charge is 2.39. The van der Waals surface area contributed by atoms with E-state index in [1.807, 2.05) is 31.1 Å². The van der Waals surface area contributed by atoms with Crippen molar-refractivity contribution in [2.24, 2.45) is 0 Å². The molecule has 1 N–H and O–H groups in total. The fourth-order valence-corrected chi connectivity index (χ4v) is 3.61. The first-order valence-electron chi connectivity index (χ1n) is 10.4. The predicted octanol–water partition coefficient (Wildman–Crippen LogP) is 4.19. The van der Waals surface area contributed by atoms with E-state index < -0.39 is 22.6 Å². The van der Waals surface area contributed by atoms with Gasteiger partial charge in [-0.25, -0.2) is 4.39 Å². The zero-order valence-electron chi connectivity index (χ0n) is 18.5. The molecule has 3 aromatic rings. The summed E-state index contributed by atoms with van der Waals surface area (Å²) in [5.74, 6) is -1.51. The van der Waals surface area contributed by atoms with Crippen molar-refractivity contribution in [3.05, 3.63) is 106 Å². The summed E-state index contributed by atoms with van der Waals surface area (Å²) in [6.07, 6.45) is 0. The van der Waals surface area contributed by atoms with Gasteiger partial charge in [-0.05, 0) is 59.7 Å². The van der Waals surface area contributed by atoms with Crippen molar-refractivity contribution in [1.82, 2.24) is 4.90 Å². The van der Waals surface area contributed by atoms with Gasteiger partial charge in [-0.2, -0.15) is 0 Å². The first kappa shape index (κ1) is 22.7. The lowest BCUT2D eigenvalue weighted by Crippen LogP contribution is -2.32. The number of anilines is 2. The smallest absolute Gasteiger partial charge is 0.278 e. The number of rotatable bonds is 7. The van der Waals surface area contributed by atoms with Gasteiger partial charge in [0, 0.05) is 37.6 Å². The fourth-order valence-electron chi connectivity index (χ4n) is 3.61. The number of amides is 2. The van der Waals surface area contributed by atoms with E-state index >= 15 is 0 Å². The molecule has 172 valence electrons. The molecular formula is C25H21FN4O4. The fraction of sp³-hybridized carbons (Fsp3) is 0.120. The number of nitrogens with one attached hydrogen (secondary N) is 1. The third-order valence-corrected chi connectivity index (χ3v) is 5.44. The van der Waals surface area contributed by atoms with Crippen molar-refractivity contribution in [3.8, 4) is 0 Å². The summed E-state index contributed by atoms with van der Waals surface area (Å²) in [5, 5.41) is 14.1. The van der Waals surface area contributed by atoms with Crippen LogP contribution in [0.1, 0.15) is 11.1 Å². The summed E-state index contributed by atoms with van der Waals surface area (Å²) in [7, 11) is 3.81. The molecule has 1 heterocycles. The molecule has 4 rings (SSSR count). The van der Waals surface area contributed by atoms with Crippen molar-refractivity contribution in [1.29, 1.82) is 0 Å². The molecule has 34 heavy (non-hydrogen) atoms. The molecule has 0 spiro atoms. The van der Waals surface area contributed by atoms with Gasteiger partial charge in [0.15, 0.2) is 0 Å². The Morgan fingerprint density at radius 3 is 2.09 bits per heavy atom. The lowest BCUT2D eigenvalue weighted by Gasteiger charge is -2.16. The van der Waals surface area contributed by atoms with Crippen LogP contribution in [-0.4, -0.2) is 35.7 Å². The van der Waals surface area contributed by atoms with Crippen molar-refractivity contribution in [2.45, 2.75) is 6.54 Å². The molecule has 2 amide bonds. The Morgan fingerprint density at radius 2 is 1.53 bits per heavy atom. The first-order valence-corrected chi connectivity index (χ1v) is 10.4. The van der Waals surface area contributed by atoms with E-state index in [1.165, 1.54) is 48.5 Å². The maximum atomic E-state index is 13.3. The van der Waals surface area contributed by atoms with Gasteiger partial charge < -0.3 is 10.2 Å². The van der Waals surface area contributed by atoms with Gasteiger partial charge in [0.1, 0.15) is 11.5 Å². The molecule has 9 heteroatoms. The molecule has 0 aliphatic carbocycles. The lowest BCUT2D eigenvalue weighted by molar-refractivity contribution is -0.384. The summed E-state index contributed by atoms with van der Waals surface area (Å²) in [6, 6.07) is 18.3. The molecule has 1 aliphatic heterocycles. The molecular weight excluding hydrogens is 439 g/mol. The van der Waals surface area contributed by atoms with Crippen molar-refractivity contribution in [2.75, 3.05) is 24.3 Å². The number of carbonyl (C=O) groups is 2. The standard InChI is InChI=1S/C25H21FN4O4/c1-28(2)20-13-9-19(10-14-20)27-23-22(17-5-11-21(12-6-17)30(33)34)24(31)29(25(23)32)15-16-3-7-18(26)8-4-16/h3-14,27H,15H2,1-2H3. The first-order chi connectivity index (χ1) is 16.2. The third kappa shape index (κ3) is 4.49. The van der Waals surface area contributed by atoms with Crippen LogP contribution in [0.5, 0.6) is 0 Å². The van der Waals surface area contributed by atoms with Crippen LogP contribution in [-0.2, 0) is 16.1 Å². The van der Waals surface area contributed by atoms with E-state index in [2.05, 4.69) is 5.32 Å². The number of non-ortho nitro benzene ring substituents is 1. The third-order valence-electron chi connectivity index (χ3n) is 5.44. The van der Waals surface area contributed by atoms with Crippen LogP contribution in [0.4, 0.5) is 21.5 Å². The monoisotopic (exact) mass is 460 g/mol. The molecule has 0 aromatic heterocycles. The van der Waals surface area contributed by atoms with E-state index in [0.717, 1.165) is 10.6 Å². The van der Waals surface area contributed by atoms with Gasteiger partial charge in [0.25, 0.3) is 17.5 Å². The number of hydrogen-bond donors (Lipinski definition) is 1. The highest BCUT2D eigenvalue weighted by molar-refractivity contribution is 6.36. The number of carbonyl (C=O) groups excluding carboxylic acids is 2. The van der Waals surface area contributed by atoms with Crippen LogP contribution < -0.4 is 10.2 Å². The van der Waals surface area contributed by atoms with Crippen LogP contribution >= 0.6 is 0 Å². The van der Waals surface area contributed by atoms with E-state index in [1.54, 1.807) is 12.1 Å². The summed E-state index contributed by atoms with van der Waals surface area (Å²) in [5.41, 5.74) is 2.57. The van der Waals surface area contributed by atoms with E-state index in [9.17, 15) is 24.1 Å². The molecule has 0 radical (unpaired) electrons. The van der Waals surface area contributed by atoms with E-state index in [4.69, 9.17) is 0 Å². The summed E-state index contributed by atoms with van der Waals surface area (Å²) < 4.78 is 13.3. The normalized spacial score (nSPS) is 13.4. The van der Waals surface area contributed by atoms with Crippen molar-refractivity contribution >= 4 is 34.4 Å². The Morgan fingerprint density at radius 1 is 0.912 bits per heavy atom. The molecule has 0 atom stereocenters. The van der Waals surface area contributed by atoms with Crippen LogP contribution in [0, 0.1) is 15.9 Å². The van der Waals surface area contributed by atoms with Crippen LogP contribution in [0.3, 0.4) is 0 Å². The maximum absolute atomic E-state index is 13.3. The summed E-state index contributed by atoms with van der Waals surface area (Å²) in [6.45, 7) is -0.0425. The van der Waals surface area contributed by atoms with Gasteiger partial charge in [-0.3, -0.25) is 24.6 Å². The Labute approximate surface area is 195 Å². The summed E-state index contributed by atoms with van der Waals surface area (Å²) in [4.78, 5) is 40.2.